The number of rotatable bonds is 9. The summed E-state index contributed by atoms with van der Waals surface area (Å²) in [5, 5.41) is 6.74. The van der Waals surface area contributed by atoms with Gasteiger partial charge in [-0.05, 0) is 36.8 Å². The van der Waals surface area contributed by atoms with Crippen LogP contribution in [-0.4, -0.2) is 39.6 Å². The van der Waals surface area contributed by atoms with E-state index >= 15 is 0 Å². The standard InChI is InChI=1S/C23H23FN2O5S/c1-14(20-9-10-21(32-20)15-5-7-16(24)8-6-15)26-31-13-22(27)25-17-11-18(28-2)23(30-4)19(12-17)29-3/h5-12H,13H2,1-4H3,(H,25,27)/b26-14+. The number of thiophene rings is 1. The average Bonchev–Trinajstić information content (AvgIpc) is 3.29. The molecule has 0 saturated heterocycles. The van der Waals surface area contributed by atoms with E-state index < -0.39 is 5.91 Å². The molecule has 0 saturated carbocycles. The summed E-state index contributed by atoms with van der Waals surface area (Å²) in [4.78, 5) is 19.3. The van der Waals surface area contributed by atoms with Gasteiger partial charge in [-0.2, -0.15) is 0 Å². The SMILES string of the molecule is COc1cc(NC(=O)CO/N=C(\C)c2ccc(-c3ccc(F)cc3)s2)cc(OC)c1OC. The van der Waals surface area contributed by atoms with E-state index in [-0.39, 0.29) is 12.4 Å². The van der Waals surface area contributed by atoms with Crippen molar-refractivity contribution in [3.8, 4) is 27.7 Å². The number of hydrogen-bond donors (Lipinski definition) is 1. The molecule has 1 aromatic heterocycles. The maximum absolute atomic E-state index is 13.1. The number of methoxy groups -OCH3 is 3. The van der Waals surface area contributed by atoms with Gasteiger partial charge in [0.2, 0.25) is 5.75 Å². The van der Waals surface area contributed by atoms with E-state index in [2.05, 4.69) is 10.5 Å². The van der Waals surface area contributed by atoms with Crippen LogP contribution in [0.1, 0.15) is 11.8 Å². The van der Waals surface area contributed by atoms with E-state index in [0.717, 1.165) is 15.3 Å². The molecule has 0 spiro atoms. The Kier molecular flexibility index (Phi) is 7.67. The van der Waals surface area contributed by atoms with Crippen molar-refractivity contribution < 1.29 is 28.2 Å². The average molecular weight is 459 g/mol. The molecule has 1 amide bonds. The monoisotopic (exact) mass is 458 g/mol. The smallest absolute Gasteiger partial charge is 0.265 e. The number of benzene rings is 2. The van der Waals surface area contributed by atoms with Crippen molar-refractivity contribution in [2.45, 2.75) is 6.92 Å². The third kappa shape index (κ3) is 5.55. The second-order valence-electron chi connectivity index (χ2n) is 6.58. The van der Waals surface area contributed by atoms with Crippen molar-refractivity contribution in [3.05, 3.63) is 59.2 Å². The highest BCUT2D eigenvalue weighted by atomic mass is 32.1. The largest absolute Gasteiger partial charge is 0.493 e. The first-order valence-corrected chi connectivity index (χ1v) is 10.4. The lowest BCUT2D eigenvalue weighted by Gasteiger charge is -2.14. The molecule has 1 heterocycles. The van der Waals surface area contributed by atoms with Crippen molar-refractivity contribution in [1.82, 2.24) is 0 Å². The van der Waals surface area contributed by atoms with Gasteiger partial charge in [0.25, 0.3) is 5.91 Å². The molecule has 7 nitrogen and oxygen atoms in total. The van der Waals surface area contributed by atoms with Crippen LogP contribution in [0.25, 0.3) is 10.4 Å². The summed E-state index contributed by atoms with van der Waals surface area (Å²) in [5.41, 5.74) is 2.01. The molecule has 0 bridgehead atoms. The summed E-state index contributed by atoms with van der Waals surface area (Å²) in [5.74, 6) is 0.606. The Balaban J connectivity index is 1.60. The fraction of sp³-hybridized carbons (Fsp3) is 0.217. The summed E-state index contributed by atoms with van der Waals surface area (Å²) in [6, 6.07) is 13.4. The van der Waals surface area contributed by atoms with Crippen LogP contribution < -0.4 is 19.5 Å². The lowest BCUT2D eigenvalue weighted by molar-refractivity contribution is -0.120. The third-order valence-electron chi connectivity index (χ3n) is 4.44. The van der Waals surface area contributed by atoms with Crippen LogP contribution in [0.15, 0.2) is 53.7 Å². The molecule has 0 radical (unpaired) electrons. The molecule has 1 N–H and O–H groups in total. The number of hydrogen-bond acceptors (Lipinski definition) is 7. The highest BCUT2D eigenvalue weighted by Gasteiger charge is 2.15. The van der Waals surface area contributed by atoms with Gasteiger partial charge in [-0.15, -0.1) is 11.3 Å². The number of halogens is 1. The number of ether oxygens (including phenoxy) is 3. The van der Waals surface area contributed by atoms with E-state index in [1.807, 2.05) is 12.1 Å². The zero-order valence-corrected chi connectivity index (χ0v) is 18.9. The van der Waals surface area contributed by atoms with Crippen molar-refractivity contribution in [1.29, 1.82) is 0 Å². The molecule has 0 aliphatic carbocycles. The van der Waals surface area contributed by atoms with Crippen LogP contribution in [-0.2, 0) is 9.63 Å². The van der Waals surface area contributed by atoms with Gasteiger partial charge in [0.05, 0.1) is 31.9 Å². The van der Waals surface area contributed by atoms with Crippen LogP contribution in [0.3, 0.4) is 0 Å². The van der Waals surface area contributed by atoms with Gasteiger partial charge in [-0.1, -0.05) is 17.3 Å². The minimum Gasteiger partial charge on any atom is -0.493 e. The molecule has 0 fully saturated rings. The second kappa shape index (κ2) is 10.6. The van der Waals surface area contributed by atoms with Crippen molar-refractivity contribution in [2.24, 2.45) is 5.16 Å². The molecule has 0 aliphatic heterocycles. The molecule has 9 heteroatoms. The molecule has 0 aliphatic rings. The molecular weight excluding hydrogens is 435 g/mol. The van der Waals surface area contributed by atoms with E-state index in [4.69, 9.17) is 19.0 Å². The van der Waals surface area contributed by atoms with E-state index in [9.17, 15) is 9.18 Å². The Morgan fingerprint density at radius 3 is 2.25 bits per heavy atom. The first-order valence-electron chi connectivity index (χ1n) is 9.57. The highest BCUT2D eigenvalue weighted by molar-refractivity contribution is 7.17. The van der Waals surface area contributed by atoms with E-state index in [1.54, 1.807) is 31.2 Å². The van der Waals surface area contributed by atoms with E-state index in [0.29, 0.717) is 28.6 Å². The zero-order valence-electron chi connectivity index (χ0n) is 18.1. The fourth-order valence-electron chi connectivity index (χ4n) is 2.88. The number of nitrogens with zero attached hydrogens (tertiary/aromatic N) is 1. The highest BCUT2D eigenvalue weighted by Crippen LogP contribution is 2.39. The number of oxime groups is 1. The number of amides is 1. The fourth-order valence-corrected chi connectivity index (χ4v) is 3.83. The van der Waals surface area contributed by atoms with Crippen LogP contribution >= 0.6 is 11.3 Å². The maximum Gasteiger partial charge on any atom is 0.265 e. The lowest BCUT2D eigenvalue weighted by atomic mass is 10.2. The van der Waals surface area contributed by atoms with Gasteiger partial charge in [0.15, 0.2) is 18.1 Å². The number of anilines is 1. The molecule has 2 aromatic carbocycles. The Hall–Kier alpha value is -3.59. The van der Waals surface area contributed by atoms with Gasteiger partial charge in [0.1, 0.15) is 5.82 Å². The van der Waals surface area contributed by atoms with Gasteiger partial charge < -0.3 is 24.4 Å². The normalized spacial score (nSPS) is 11.1. The van der Waals surface area contributed by atoms with Crippen LogP contribution in [0.4, 0.5) is 10.1 Å². The lowest BCUT2D eigenvalue weighted by Crippen LogP contribution is -2.17. The minimum absolute atomic E-state index is 0.274. The van der Waals surface area contributed by atoms with Crippen molar-refractivity contribution in [2.75, 3.05) is 33.3 Å². The molecule has 3 rings (SSSR count). The Morgan fingerprint density at radius 2 is 1.66 bits per heavy atom. The molecule has 32 heavy (non-hydrogen) atoms. The topological polar surface area (TPSA) is 78.4 Å². The third-order valence-corrected chi connectivity index (χ3v) is 5.68. The predicted octanol–water partition coefficient (Wildman–Crippen LogP) is 4.96. The predicted molar refractivity (Wildman–Crippen MR) is 123 cm³/mol. The first-order chi connectivity index (χ1) is 15.4. The number of nitrogens with one attached hydrogen (secondary N) is 1. The molecule has 3 aromatic rings. The van der Waals surface area contributed by atoms with Crippen LogP contribution in [0.5, 0.6) is 17.2 Å². The van der Waals surface area contributed by atoms with Gasteiger partial charge >= 0.3 is 0 Å². The Morgan fingerprint density at radius 1 is 1.00 bits per heavy atom. The summed E-state index contributed by atoms with van der Waals surface area (Å²) >= 11 is 1.50. The van der Waals surface area contributed by atoms with Gasteiger partial charge in [-0.25, -0.2) is 4.39 Å². The van der Waals surface area contributed by atoms with E-state index in [1.165, 1.54) is 44.8 Å². The molecule has 0 atom stereocenters. The summed E-state index contributed by atoms with van der Waals surface area (Å²) < 4.78 is 28.9. The first kappa shape index (κ1) is 23.1. The summed E-state index contributed by atoms with van der Waals surface area (Å²) in [7, 11) is 4.49. The summed E-state index contributed by atoms with van der Waals surface area (Å²) in [6.45, 7) is 1.52. The van der Waals surface area contributed by atoms with Crippen molar-refractivity contribution in [3.63, 3.8) is 0 Å². The Labute approximate surface area is 189 Å². The Bertz CT molecular complexity index is 1090. The van der Waals surface area contributed by atoms with Crippen LogP contribution in [0, 0.1) is 5.82 Å². The van der Waals surface area contributed by atoms with Crippen molar-refractivity contribution >= 4 is 28.6 Å². The number of carbonyl (C=O) groups is 1. The molecular formula is C23H23FN2O5S. The van der Waals surface area contributed by atoms with Gasteiger partial charge in [-0.3, -0.25) is 4.79 Å². The summed E-state index contributed by atoms with van der Waals surface area (Å²) in [6.07, 6.45) is 0. The number of carbonyl (C=O) groups excluding carboxylic acids is 1. The molecule has 0 unspecified atom stereocenters. The molecule has 168 valence electrons. The van der Waals surface area contributed by atoms with Gasteiger partial charge in [0, 0.05) is 22.7 Å². The quantitative estimate of drug-likeness (QED) is 0.362. The van der Waals surface area contributed by atoms with Crippen LogP contribution in [0.2, 0.25) is 0 Å². The second-order valence-corrected chi connectivity index (χ2v) is 7.67. The minimum atomic E-state index is -0.394. The zero-order chi connectivity index (χ0) is 23.1. The maximum atomic E-state index is 13.1.